The molecule has 0 amide bonds. The van der Waals surface area contributed by atoms with Crippen LogP contribution in [0.5, 0.6) is 0 Å². The Morgan fingerprint density at radius 1 is 0.769 bits per heavy atom. The molecule has 4 aromatic rings. The number of fused-ring (bicyclic) bond motifs is 1. The first-order valence-corrected chi connectivity index (χ1v) is 8.72. The zero-order valence-corrected chi connectivity index (χ0v) is 15.3. The second-order valence-corrected chi connectivity index (χ2v) is 6.72. The number of aromatic nitrogens is 2. The van der Waals surface area contributed by atoms with Crippen molar-refractivity contribution in [1.82, 2.24) is 9.97 Å². The molecule has 3 heteroatoms. The van der Waals surface area contributed by atoms with E-state index in [1.54, 1.807) is 0 Å². The minimum Gasteiger partial charge on any atom is -0.378 e. The maximum atomic E-state index is 4.78. The van der Waals surface area contributed by atoms with Crippen molar-refractivity contribution in [2.75, 3.05) is 19.0 Å². The van der Waals surface area contributed by atoms with Gasteiger partial charge >= 0.3 is 0 Å². The number of nitrogens with zero attached hydrogens (tertiary/aromatic N) is 3. The molecular formula is C23H21N3. The van der Waals surface area contributed by atoms with Gasteiger partial charge in [0, 0.05) is 25.3 Å². The summed E-state index contributed by atoms with van der Waals surface area (Å²) in [7, 11) is 4.12. The van der Waals surface area contributed by atoms with Crippen molar-refractivity contribution in [2.24, 2.45) is 0 Å². The lowest BCUT2D eigenvalue weighted by Gasteiger charge is -2.14. The van der Waals surface area contributed by atoms with Gasteiger partial charge in [-0.2, -0.15) is 0 Å². The van der Waals surface area contributed by atoms with E-state index in [-0.39, 0.29) is 0 Å². The van der Waals surface area contributed by atoms with Crippen LogP contribution >= 0.6 is 0 Å². The van der Waals surface area contributed by atoms with Crippen LogP contribution in [0.15, 0.2) is 72.9 Å². The Balaban J connectivity index is 1.74. The van der Waals surface area contributed by atoms with E-state index in [1.807, 2.05) is 30.5 Å². The van der Waals surface area contributed by atoms with Gasteiger partial charge in [-0.25, -0.2) is 4.98 Å². The molecule has 0 spiro atoms. The predicted octanol–water partition coefficient (Wildman–Crippen LogP) is 5.34. The third-order valence-corrected chi connectivity index (χ3v) is 4.65. The summed E-state index contributed by atoms with van der Waals surface area (Å²) < 4.78 is 0. The predicted molar refractivity (Wildman–Crippen MR) is 109 cm³/mol. The smallest absolute Gasteiger partial charge is 0.0895 e. The maximum Gasteiger partial charge on any atom is 0.0895 e. The lowest BCUT2D eigenvalue weighted by molar-refractivity contribution is 1.13. The first-order chi connectivity index (χ1) is 12.6. The monoisotopic (exact) mass is 339 g/mol. The van der Waals surface area contributed by atoms with Crippen molar-refractivity contribution < 1.29 is 0 Å². The van der Waals surface area contributed by atoms with Crippen LogP contribution in [0.1, 0.15) is 5.56 Å². The molecule has 1 aromatic heterocycles. The Morgan fingerprint density at radius 3 is 2.31 bits per heavy atom. The lowest BCUT2D eigenvalue weighted by atomic mass is 9.98. The van der Waals surface area contributed by atoms with E-state index in [9.17, 15) is 0 Å². The number of hydrogen-bond acceptors (Lipinski definition) is 3. The van der Waals surface area contributed by atoms with Crippen molar-refractivity contribution in [1.29, 1.82) is 0 Å². The van der Waals surface area contributed by atoms with E-state index in [0.717, 1.165) is 22.3 Å². The van der Waals surface area contributed by atoms with Crippen LogP contribution in [0.2, 0.25) is 0 Å². The normalized spacial score (nSPS) is 10.9. The van der Waals surface area contributed by atoms with Gasteiger partial charge in [0.2, 0.25) is 0 Å². The van der Waals surface area contributed by atoms with Gasteiger partial charge in [-0.1, -0.05) is 42.5 Å². The number of hydrogen-bond donors (Lipinski definition) is 0. The Hall–Kier alpha value is -3.20. The van der Waals surface area contributed by atoms with Gasteiger partial charge in [-0.05, 0) is 47.9 Å². The van der Waals surface area contributed by atoms with Gasteiger partial charge < -0.3 is 4.90 Å². The number of benzene rings is 3. The van der Waals surface area contributed by atoms with Gasteiger partial charge in [0.25, 0.3) is 0 Å². The fraction of sp³-hybridized carbons (Fsp3) is 0.130. The molecule has 3 aromatic carbocycles. The molecule has 26 heavy (non-hydrogen) atoms. The van der Waals surface area contributed by atoms with E-state index >= 15 is 0 Å². The number of para-hydroxylation sites is 2. The Labute approximate surface area is 154 Å². The fourth-order valence-corrected chi connectivity index (χ4v) is 3.18. The first kappa shape index (κ1) is 16.3. The summed E-state index contributed by atoms with van der Waals surface area (Å²) in [6.45, 7) is 2.13. The Kier molecular flexibility index (Phi) is 4.13. The molecule has 0 bridgehead atoms. The third-order valence-electron chi connectivity index (χ3n) is 4.65. The third kappa shape index (κ3) is 3.04. The van der Waals surface area contributed by atoms with E-state index in [4.69, 9.17) is 4.98 Å². The summed E-state index contributed by atoms with van der Waals surface area (Å²) >= 11 is 0. The largest absolute Gasteiger partial charge is 0.378 e. The standard InChI is InChI=1S/C23H21N3/c1-16-13-18(17-7-6-8-19(14-17)26(2)3)11-12-20(16)23-15-24-21-9-4-5-10-22(21)25-23/h4-15H,1-3H3. The Morgan fingerprint density at radius 2 is 1.54 bits per heavy atom. The molecule has 3 nitrogen and oxygen atoms in total. The van der Waals surface area contributed by atoms with E-state index in [2.05, 4.69) is 73.4 Å². The lowest BCUT2D eigenvalue weighted by Crippen LogP contribution is -2.08. The second kappa shape index (κ2) is 6.60. The van der Waals surface area contributed by atoms with Crippen molar-refractivity contribution >= 4 is 16.7 Å². The molecule has 128 valence electrons. The molecule has 0 aliphatic rings. The molecule has 0 unspecified atom stereocenters. The van der Waals surface area contributed by atoms with Gasteiger partial charge in [-0.3, -0.25) is 4.98 Å². The average molecular weight is 339 g/mol. The molecule has 0 aliphatic carbocycles. The van der Waals surface area contributed by atoms with Crippen molar-refractivity contribution in [2.45, 2.75) is 6.92 Å². The van der Waals surface area contributed by atoms with E-state index < -0.39 is 0 Å². The van der Waals surface area contributed by atoms with Crippen LogP contribution in [0, 0.1) is 6.92 Å². The molecule has 1 heterocycles. The summed E-state index contributed by atoms with van der Waals surface area (Å²) in [5.74, 6) is 0. The van der Waals surface area contributed by atoms with Gasteiger partial charge in [0.15, 0.2) is 0 Å². The SMILES string of the molecule is Cc1cc(-c2cccc(N(C)C)c2)ccc1-c1cnc2ccccc2n1. The molecular weight excluding hydrogens is 318 g/mol. The van der Waals surface area contributed by atoms with Gasteiger partial charge in [-0.15, -0.1) is 0 Å². The highest BCUT2D eigenvalue weighted by Gasteiger charge is 2.08. The van der Waals surface area contributed by atoms with Crippen molar-refractivity contribution in [3.05, 3.63) is 78.5 Å². The van der Waals surface area contributed by atoms with Crippen LogP contribution in [-0.2, 0) is 0 Å². The van der Waals surface area contributed by atoms with Gasteiger partial charge in [0.1, 0.15) is 0 Å². The first-order valence-electron chi connectivity index (χ1n) is 8.72. The zero-order valence-electron chi connectivity index (χ0n) is 15.3. The molecule has 0 saturated heterocycles. The topological polar surface area (TPSA) is 29.0 Å². The summed E-state index contributed by atoms with van der Waals surface area (Å²) in [5, 5.41) is 0. The summed E-state index contributed by atoms with van der Waals surface area (Å²) in [4.78, 5) is 11.4. The molecule has 0 N–H and O–H groups in total. The van der Waals surface area contributed by atoms with E-state index in [1.165, 1.54) is 22.4 Å². The zero-order chi connectivity index (χ0) is 18.1. The van der Waals surface area contributed by atoms with E-state index in [0.29, 0.717) is 0 Å². The van der Waals surface area contributed by atoms with Crippen molar-refractivity contribution in [3.8, 4) is 22.4 Å². The van der Waals surface area contributed by atoms with Gasteiger partial charge in [0.05, 0.1) is 22.9 Å². The number of rotatable bonds is 3. The van der Waals surface area contributed by atoms with Crippen LogP contribution < -0.4 is 4.90 Å². The molecule has 0 saturated carbocycles. The minimum atomic E-state index is 0.912. The van der Waals surface area contributed by atoms with Crippen LogP contribution in [-0.4, -0.2) is 24.1 Å². The van der Waals surface area contributed by atoms with Crippen LogP contribution in [0.4, 0.5) is 5.69 Å². The quantitative estimate of drug-likeness (QED) is 0.504. The second-order valence-electron chi connectivity index (χ2n) is 6.72. The molecule has 0 atom stereocenters. The summed E-state index contributed by atoms with van der Waals surface area (Å²) in [6, 6.07) is 23.1. The number of anilines is 1. The highest BCUT2D eigenvalue weighted by molar-refractivity contribution is 5.79. The highest BCUT2D eigenvalue weighted by atomic mass is 15.1. The molecule has 0 aliphatic heterocycles. The summed E-state index contributed by atoms with van der Waals surface area (Å²) in [5.41, 5.74) is 8.70. The van der Waals surface area contributed by atoms with Crippen LogP contribution in [0.3, 0.4) is 0 Å². The fourth-order valence-electron chi connectivity index (χ4n) is 3.18. The Bertz CT molecular complexity index is 1080. The summed E-state index contributed by atoms with van der Waals surface area (Å²) in [6.07, 6.45) is 1.86. The van der Waals surface area contributed by atoms with Crippen molar-refractivity contribution in [3.63, 3.8) is 0 Å². The minimum absolute atomic E-state index is 0.912. The average Bonchev–Trinajstić information content (AvgIpc) is 2.67. The molecule has 0 radical (unpaired) electrons. The van der Waals surface area contributed by atoms with Crippen LogP contribution in [0.25, 0.3) is 33.4 Å². The molecule has 4 rings (SSSR count). The molecule has 0 fully saturated rings. The number of aryl methyl sites for hydroxylation is 1. The maximum absolute atomic E-state index is 4.78. The highest BCUT2D eigenvalue weighted by Crippen LogP contribution is 2.29.